The van der Waals surface area contributed by atoms with Crippen LogP contribution in [-0.4, -0.2) is 74.0 Å². The molecule has 234 valence electrons. The summed E-state index contributed by atoms with van der Waals surface area (Å²) in [5.41, 5.74) is 3.25. The number of anilines is 2. The van der Waals surface area contributed by atoms with E-state index >= 15 is 0 Å². The van der Waals surface area contributed by atoms with Crippen LogP contribution >= 0.6 is 0 Å². The SMILES string of the molecule is COc1ccc(CN2C3CC2CN(c2ccc(-c4cc(N(C(=O)OC(C)(C)C)C(C)(C)C)cn5ncc(C#N)c45)cn2)C3)cn1. The highest BCUT2D eigenvalue weighted by molar-refractivity contribution is 5.93. The predicted molar refractivity (Wildman–Crippen MR) is 172 cm³/mol. The lowest BCUT2D eigenvalue weighted by atomic mass is 9.87. The summed E-state index contributed by atoms with van der Waals surface area (Å²) in [5, 5.41) is 14.3. The quantitative estimate of drug-likeness (QED) is 0.273. The van der Waals surface area contributed by atoms with Crippen LogP contribution in [0.5, 0.6) is 5.88 Å². The topological polar surface area (TPSA) is 112 Å². The van der Waals surface area contributed by atoms with Crippen molar-refractivity contribution in [3.8, 4) is 23.1 Å². The number of hydrogen-bond acceptors (Lipinski definition) is 9. The van der Waals surface area contributed by atoms with E-state index in [-0.39, 0.29) is 0 Å². The molecule has 0 aliphatic carbocycles. The number of piperidine rings is 1. The molecule has 3 saturated heterocycles. The summed E-state index contributed by atoms with van der Waals surface area (Å²) in [4.78, 5) is 29.2. The number of rotatable bonds is 6. The lowest BCUT2D eigenvalue weighted by molar-refractivity contribution is -0.00876. The Hall–Kier alpha value is -4.69. The molecule has 3 aliphatic rings. The maximum Gasteiger partial charge on any atom is 0.415 e. The number of piperazine rings is 1. The van der Waals surface area contributed by atoms with Crippen LogP contribution in [0.1, 0.15) is 59.1 Å². The van der Waals surface area contributed by atoms with Gasteiger partial charge in [-0.1, -0.05) is 6.07 Å². The molecule has 3 aliphatic heterocycles. The number of pyridine rings is 3. The minimum Gasteiger partial charge on any atom is -0.481 e. The molecule has 0 saturated carbocycles. The van der Waals surface area contributed by atoms with Crippen molar-refractivity contribution >= 4 is 23.1 Å². The van der Waals surface area contributed by atoms with E-state index in [1.807, 2.05) is 78.2 Å². The van der Waals surface area contributed by atoms with E-state index in [2.05, 4.69) is 32.0 Å². The standard InChI is InChI=1S/C34H40N8O3/c1-33(2,3)42(32(43)45-34(4,5)6)27-13-28(31-24(14-35)17-38-41(31)21-27)23-9-10-29(36-16-23)39-19-25-12-26(20-39)40(25)18-22-8-11-30(44-7)37-15-22/h8-11,13,15-17,21,25-26H,12,18-20H2,1-7H3. The monoisotopic (exact) mass is 608 g/mol. The summed E-state index contributed by atoms with van der Waals surface area (Å²) in [6.45, 7) is 14.1. The highest BCUT2D eigenvalue weighted by Gasteiger charge is 2.44. The lowest BCUT2D eigenvalue weighted by Gasteiger charge is -2.56. The van der Waals surface area contributed by atoms with Crippen LogP contribution < -0.4 is 14.5 Å². The van der Waals surface area contributed by atoms with Gasteiger partial charge in [-0.2, -0.15) is 10.4 Å². The summed E-state index contributed by atoms with van der Waals surface area (Å²) in [5.74, 6) is 1.55. The number of ether oxygens (including phenoxy) is 2. The van der Waals surface area contributed by atoms with E-state index in [4.69, 9.17) is 14.5 Å². The smallest absolute Gasteiger partial charge is 0.415 e. The van der Waals surface area contributed by atoms with Crippen molar-refractivity contribution in [3.63, 3.8) is 0 Å². The second-order valence-electron chi connectivity index (χ2n) is 13.8. The van der Waals surface area contributed by atoms with Gasteiger partial charge in [0.1, 0.15) is 17.5 Å². The minimum absolute atomic E-state index is 0.448. The Morgan fingerprint density at radius 3 is 2.38 bits per heavy atom. The third-order valence-corrected chi connectivity index (χ3v) is 8.32. The van der Waals surface area contributed by atoms with E-state index in [9.17, 15) is 10.1 Å². The first-order chi connectivity index (χ1) is 21.3. The van der Waals surface area contributed by atoms with Gasteiger partial charge >= 0.3 is 6.09 Å². The molecule has 0 spiro atoms. The summed E-state index contributed by atoms with van der Waals surface area (Å²) in [6, 6.07) is 13.2. The molecule has 7 rings (SSSR count). The van der Waals surface area contributed by atoms with Gasteiger partial charge in [-0.15, -0.1) is 0 Å². The Labute approximate surface area is 264 Å². The number of nitrogens with zero attached hydrogens (tertiary/aromatic N) is 8. The number of hydrogen-bond donors (Lipinski definition) is 0. The van der Waals surface area contributed by atoms with Crippen molar-refractivity contribution in [1.82, 2.24) is 24.5 Å². The van der Waals surface area contributed by atoms with Gasteiger partial charge in [0, 0.05) is 66.8 Å². The van der Waals surface area contributed by atoms with Crippen LogP contribution in [0.4, 0.5) is 16.3 Å². The fraction of sp³-hybridized carbons (Fsp3) is 0.441. The number of nitriles is 1. The number of methoxy groups -OCH3 is 1. The first-order valence-corrected chi connectivity index (χ1v) is 15.3. The predicted octanol–water partition coefficient (Wildman–Crippen LogP) is 5.67. The Morgan fingerprint density at radius 1 is 1.04 bits per heavy atom. The first kappa shape index (κ1) is 30.3. The van der Waals surface area contributed by atoms with Crippen molar-refractivity contribution in [3.05, 3.63) is 66.2 Å². The van der Waals surface area contributed by atoms with Gasteiger partial charge in [-0.3, -0.25) is 9.80 Å². The van der Waals surface area contributed by atoms with Crippen LogP contribution in [-0.2, 0) is 11.3 Å². The molecule has 2 atom stereocenters. The van der Waals surface area contributed by atoms with Crippen molar-refractivity contribution in [2.24, 2.45) is 0 Å². The van der Waals surface area contributed by atoms with E-state index in [1.165, 1.54) is 12.0 Å². The van der Waals surface area contributed by atoms with Crippen LogP contribution in [0.3, 0.4) is 0 Å². The van der Waals surface area contributed by atoms with E-state index in [1.54, 1.807) is 28.9 Å². The van der Waals surface area contributed by atoms with Gasteiger partial charge in [0.05, 0.1) is 36.3 Å². The molecule has 11 heteroatoms. The highest BCUT2D eigenvalue weighted by Crippen LogP contribution is 2.37. The van der Waals surface area contributed by atoms with Crippen molar-refractivity contribution < 1.29 is 14.3 Å². The molecule has 4 aromatic heterocycles. The molecule has 1 amide bonds. The zero-order valence-corrected chi connectivity index (χ0v) is 27.0. The molecule has 4 aromatic rings. The molecule has 0 radical (unpaired) electrons. The minimum atomic E-state index is -0.661. The van der Waals surface area contributed by atoms with Gasteiger partial charge in [0.25, 0.3) is 0 Å². The molecule has 2 unspecified atom stereocenters. The third-order valence-electron chi connectivity index (χ3n) is 8.32. The lowest BCUT2D eigenvalue weighted by Crippen LogP contribution is -2.68. The van der Waals surface area contributed by atoms with Crippen molar-refractivity contribution in [1.29, 1.82) is 5.26 Å². The normalized spacial score (nSPS) is 18.3. The van der Waals surface area contributed by atoms with Gasteiger partial charge in [0.15, 0.2) is 0 Å². The second-order valence-corrected chi connectivity index (χ2v) is 13.8. The zero-order valence-electron chi connectivity index (χ0n) is 27.0. The molecule has 7 heterocycles. The maximum atomic E-state index is 13.4. The number of carbonyl (C=O) groups is 1. The fourth-order valence-corrected chi connectivity index (χ4v) is 6.31. The van der Waals surface area contributed by atoms with Gasteiger partial charge in [-0.25, -0.2) is 19.3 Å². The van der Waals surface area contributed by atoms with E-state index in [0.717, 1.165) is 36.6 Å². The molecule has 0 aromatic carbocycles. The Bertz CT molecular complexity index is 1730. The van der Waals surface area contributed by atoms with Crippen LogP contribution in [0.15, 0.2) is 55.1 Å². The molecule has 3 fully saturated rings. The summed E-state index contributed by atoms with van der Waals surface area (Å²) in [6.07, 6.45) is 7.78. The van der Waals surface area contributed by atoms with E-state index < -0.39 is 17.2 Å². The molecule has 2 bridgehead atoms. The molecule has 11 nitrogen and oxygen atoms in total. The molecular formula is C34H40N8O3. The fourth-order valence-electron chi connectivity index (χ4n) is 6.31. The number of carbonyl (C=O) groups excluding carboxylic acids is 1. The second kappa shape index (κ2) is 11.3. The Kier molecular flexibility index (Phi) is 7.65. The Balaban J connectivity index is 1.26. The van der Waals surface area contributed by atoms with Crippen molar-refractivity contribution in [2.75, 3.05) is 30.0 Å². The van der Waals surface area contributed by atoms with Crippen LogP contribution in [0, 0.1) is 11.3 Å². The average Bonchev–Trinajstić information content (AvgIpc) is 3.41. The largest absolute Gasteiger partial charge is 0.481 e. The molecular weight excluding hydrogens is 568 g/mol. The van der Waals surface area contributed by atoms with Crippen molar-refractivity contribution in [2.45, 2.75) is 77.7 Å². The number of aromatic nitrogens is 4. The highest BCUT2D eigenvalue weighted by atomic mass is 16.6. The first-order valence-electron chi connectivity index (χ1n) is 15.3. The maximum absolute atomic E-state index is 13.4. The zero-order chi connectivity index (χ0) is 32.1. The average molecular weight is 609 g/mol. The van der Waals surface area contributed by atoms with Gasteiger partial charge in [-0.05, 0) is 71.7 Å². The summed E-state index contributed by atoms with van der Waals surface area (Å²) in [7, 11) is 1.63. The summed E-state index contributed by atoms with van der Waals surface area (Å²) < 4.78 is 12.6. The van der Waals surface area contributed by atoms with E-state index in [0.29, 0.717) is 34.7 Å². The third kappa shape index (κ3) is 6.02. The van der Waals surface area contributed by atoms with Gasteiger partial charge < -0.3 is 14.4 Å². The van der Waals surface area contributed by atoms with Crippen LogP contribution in [0.2, 0.25) is 0 Å². The molecule has 45 heavy (non-hydrogen) atoms. The molecule has 0 N–H and O–H groups in total. The van der Waals surface area contributed by atoms with Crippen LogP contribution in [0.25, 0.3) is 16.6 Å². The number of amides is 1. The Morgan fingerprint density at radius 2 is 1.80 bits per heavy atom. The van der Waals surface area contributed by atoms with Gasteiger partial charge in [0.2, 0.25) is 5.88 Å². The summed E-state index contributed by atoms with van der Waals surface area (Å²) >= 11 is 0. The number of fused-ring (bicyclic) bond motifs is 3.